The third kappa shape index (κ3) is 10.1. The minimum Gasteiger partial charge on any atom is -0.493 e. The second-order valence-corrected chi connectivity index (χ2v) is 19.4. The van der Waals surface area contributed by atoms with Gasteiger partial charge in [-0.05, 0) is 247 Å². The highest BCUT2D eigenvalue weighted by Crippen LogP contribution is 2.46. The Balaban J connectivity index is 1.09. The van der Waals surface area contributed by atoms with Crippen LogP contribution in [0.25, 0.3) is 0 Å². The lowest BCUT2D eigenvalue weighted by Gasteiger charge is -2.33. The van der Waals surface area contributed by atoms with Crippen molar-refractivity contribution < 1.29 is 28.4 Å². The molecular weight excluding hydrogens is 841 g/mol. The molecule has 0 aliphatic carbocycles. The third-order valence-corrected chi connectivity index (χ3v) is 13.5. The molecule has 0 radical (unpaired) electrons. The minimum atomic E-state index is -0.310. The summed E-state index contributed by atoms with van der Waals surface area (Å²) in [7, 11) is 0. The van der Waals surface area contributed by atoms with Crippen molar-refractivity contribution in [2.75, 3.05) is 6.61 Å². The van der Waals surface area contributed by atoms with Crippen LogP contribution in [0.15, 0.2) is 91.0 Å². The smallest absolute Gasteiger partial charge is 0.133 e. The molecule has 7 aromatic carbocycles. The van der Waals surface area contributed by atoms with Crippen LogP contribution in [0.4, 0.5) is 0 Å². The van der Waals surface area contributed by atoms with Crippen molar-refractivity contribution in [3.63, 3.8) is 0 Å². The molecule has 0 atom stereocenters. The van der Waals surface area contributed by atoms with E-state index in [2.05, 4.69) is 159 Å². The lowest BCUT2D eigenvalue weighted by molar-refractivity contribution is 0.301. The predicted octanol–water partition coefficient (Wildman–Crippen LogP) is 17.5. The second kappa shape index (κ2) is 19.9. The van der Waals surface area contributed by atoms with Gasteiger partial charge in [0.1, 0.15) is 64.1 Å². The zero-order valence-electron chi connectivity index (χ0n) is 43.5. The van der Waals surface area contributed by atoms with Crippen LogP contribution in [-0.4, -0.2) is 6.61 Å². The molecule has 0 heterocycles. The van der Waals surface area contributed by atoms with Crippen LogP contribution in [0.3, 0.4) is 0 Å². The van der Waals surface area contributed by atoms with Gasteiger partial charge in [-0.1, -0.05) is 56.3 Å². The van der Waals surface area contributed by atoms with Crippen LogP contribution in [0.5, 0.6) is 57.5 Å². The Hall–Kier alpha value is -6.66. The number of hydrogen-bond donors (Lipinski definition) is 0. The summed E-state index contributed by atoms with van der Waals surface area (Å²) < 4.78 is 38.7. The van der Waals surface area contributed by atoms with E-state index in [1.165, 1.54) is 22.3 Å². The average molecular weight is 911 g/mol. The van der Waals surface area contributed by atoms with Gasteiger partial charge < -0.3 is 28.4 Å². The van der Waals surface area contributed by atoms with Crippen LogP contribution >= 0.6 is 0 Å². The summed E-state index contributed by atoms with van der Waals surface area (Å²) in [5, 5.41) is 0. The molecule has 354 valence electrons. The van der Waals surface area contributed by atoms with Gasteiger partial charge in [0.15, 0.2) is 0 Å². The molecule has 6 heteroatoms. The maximum absolute atomic E-state index is 6.79. The van der Waals surface area contributed by atoms with E-state index < -0.39 is 0 Å². The maximum atomic E-state index is 6.79. The highest BCUT2D eigenvalue weighted by Gasteiger charge is 2.31. The zero-order valence-corrected chi connectivity index (χ0v) is 43.5. The Labute approximate surface area is 406 Å². The first-order valence-corrected chi connectivity index (χ1v) is 23.9. The van der Waals surface area contributed by atoms with E-state index in [0.29, 0.717) is 13.2 Å². The number of ether oxygens (including phenoxy) is 6. The van der Waals surface area contributed by atoms with Crippen molar-refractivity contribution in [3.05, 3.63) is 186 Å². The van der Waals surface area contributed by atoms with Crippen molar-refractivity contribution in [1.29, 1.82) is 0 Å². The number of aryl methyl sites for hydroxylation is 10. The number of hydrogen-bond acceptors (Lipinski definition) is 6. The molecule has 0 aromatic heterocycles. The van der Waals surface area contributed by atoms with Crippen LogP contribution < -0.4 is 28.4 Å². The van der Waals surface area contributed by atoms with Gasteiger partial charge in [-0.3, -0.25) is 0 Å². The first kappa shape index (κ1) is 49.3. The van der Waals surface area contributed by atoms with Gasteiger partial charge in [-0.15, -0.1) is 0 Å². The predicted molar refractivity (Wildman–Crippen MR) is 279 cm³/mol. The average Bonchev–Trinajstić information content (AvgIpc) is 3.27. The van der Waals surface area contributed by atoms with Gasteiger partial charge >= 0.3 is 0 Å². The van der Waals surface area contributed by atoms with E-state index >= 15 is 0 Å². The summed E-state index contributed by atoms with van der Waals surface area (Å²) in [5.74, 6) is 8.38. The molecule has 6 nitrogen and oxygen atoms in total. The van der Waals surface area contributed by atoms with E-state index in [-0.39, 0.29) is 5.41 Å². The second-order valence-electron chi connectivity index (χ2n) is 19.4. The Kier molecular flexibility index (Phi) is 14.4. The molecule has 0 amide bonds. The lowest BCUT2D eigenvalue weighted by Crippen LogP contribution is -2.23. The van der Waals surface area contributed by atoms with Crippen LogP contribution in [0.1, 0.15) is 115 Å². The highest BCUT2D eigenvalue weighted by molar-refractivity contribution is 5.61. The number of rotatable bonds is 15. The fraction of sp³-hybridized carbons (Fsp3) is 0.323. The third-order valence-electron chi connectivity index (χ3n) is 13.5. The van der Waals surface area contributed by atoms with Gasteiger partial charge in [0, 0.05) is 5.41 Å². The largest absolute Gasteiger partial charge is 0.493 e. The van der Waals surface area contributed by atoms with Crippen molar-refractivity contribution in [3.8, 4) is 57.5 Å². The van der Waals surface area contributed by atoms with Gasteiger partial charge in [0.2, 0.25) is 0 Å². The van der Waals surface area contributed by atoms with Crippen LogP contribution in [0, 0.1) is 96.9 Å². The molecule has 0 saturated heterocycles. The Morgan fingerprint density at radius 2 is 0.632 bits per heavy atom. The SMILES string of the molecule is CCOc1c(C)cc(Oc2c(C)cc(Oc3c(C)cc(C(C)(C)c4cc(C)c(Oc5cc(C)c(Oc6cc(C)c(OCc7ccccc7)c(C)c6)c(C)c5)c(C)c4C)c(C)c3C)cc2C)cc1C. The molecule has 0 N–H and O–H groups in total. The first-order chi connectivity index (χ1) is 32.2. The van der Waals surface area contributed by atoms with Gasteiger partial charge in [-0.2, -0.15) is 0 Å². The fourth-order valence-electron chi connectivity index (χ4n) is 9.87. The van der Waals surface area contributed by atoms with Crippen molar-refractivity contribution in [2.24, 2.45) is 0 Å². The molecule has 68 heavy (non-hydrogen) atoms. The van der Waals surface area contributed by atoms with Crippen LogP contribution in [-0.2, 0) is 12.0 Å². The first-order valence-electron chi connectivity index (χ1n) is 23.9. The zero-order chi connectivity index (χ0) is 49.4. The minimum absolute atomic E-state index is 0.310. The summed E-state index contributed by atoms with van der Waals surface area (Å²) in [4.78, 5) is 0. The topological polar surface area (TPSA) is 55.4 Å². The Morgan fingerprint density at radius 1 is 0.338 bits per heavy atom. The van der Waals surface area contributed by atoms with E-state index in [0.717, 1.165) is 130 Å². The number of benzene rings is 7. The molecule has 7 rings (SSSR count). The fourth-order valence-corrected chi connectivity index (χ4v) is 9.87. The molecule has 0 aliphatic heterocycles. The molecular formula is C62H70O6. The molecule has 7 aromatic rings. The van der Waals surface area contributed by atoms with Gasteiger partial charge in [0.05, 0.1) is 6.61 Å². The van der Waals surface area contributed by atoms with Gasteiger partial charge in [0.25, 0.3) is 0 Å². The monoisotopic (exact) mass is 911 g/mol. The maximum Gasteiger partial charge on any atom is 0.133 e. The quantitative estimate of drug-likeness (QED) is 0.102. The molecule has 0 unspecified atom stereocenters. The summed E-state index contributed by atoms with van der Waals surface area (Å²) >= 11 is 0. The van der Waals surface area contributed by atoms with Crippen LogP contribution in [0.2, 0.25) is 0 Å². The highest BCUT2D eigenvalue weighted by atomic mass is 16.5. The Bertz CT molecular complexity index is 2940. The Morgan fingerprint density at radius 3 is 0.971 bits per heavy atom. The molecule has 0 fully saturated rings. The molecule has 0 saturated carbocycles. The molecule has 0 bridgehead atoms. The van der Waals surface area contributed by atoms with E-state index in [4.69, 9.17) is 28.4 Å². The normalized spacial score (nSPS) is 11.4. The van der Waals surface area contributed by atoms with E-state index in [9.17, 15) is 0 Å². The standard InChI is InChI=1S/C62H70O6/c1-18-63-56-35(2)24-50(25-36(56)3)65-58-39(6)28-52(29-40(58)7)67-60-43(10)32-54(45(12)47(60)14)62(16,17)55-33-44(11)61(48(15)46(55)13)68-53-30-41(8)59(42(9)31-53)66-51-26-37(4)57(38(5)27-51)64-34-49-22-20-19-21-23-49/h19-33H,18,34H2,1-17H3. The summed E-state index contributed by atoms with van der Waals surface area (Å²) in [5.41, 5.74) is 18.4. The summed E-state index contributed by atoms with van der Waals surface area (Å²) in [6, 6.07) is 31.3. The van der Waals surface area contributed by atoms with E-state index in [1.807, 2.05) is 49.4 Å². The van der Waals surface area contributed by atoms with Crippen molar-refractivity contribution >= 4 is 0 Å². The van der Waals surface area contributed by atoms with Crippen molar-refractivity contribution in [2.45, 2.75) is 130 Å². The van der Waals surface area contributed by atoms with Gasteiger partial charge in [-0.25, -0.2) is 0 Å². The lowest BCUT2D eigenvalue weighted by atomic mass is 9.72. The summed E-state index contributed by atoms with van der Waals surface area (Å²) in [6.45, 7) is 37.4. The van der Waals surface area contributed by atoms with E-state index in [1.54, 1.807) is 0 Å². The molecule has 0 aliphatic rings. The van der Waals surface area contributed by atoms with Crippen molar-refractivity contribution in [1.82, 2.24) is 0 Å². The molecule has 0 spiro atoms. The summed E-state index contributed by atoms with van der Waals surface area (Å²) in [6.07, 6.45) is 0.